The summed E-state index contributed by atoms with van der Waals surface area (Å²) in [7, 11) is 0. The second-order valence-electron chi connectivity index (χ2n) is 5.42. The van der Waals surface area contributed by atoms with Gasteiger partial charge in [-0.2, -0.15) is 0 Å². The lowest BCUT2D eigenvalue weighted by molar-refractivity contribution is -0.133. The summed E-state index contributed by atoms with van der Waals surface area (Å²) in [6.45, 7) is 1.72. The Morgan fingerprint density at radius 3 is 2.33 bits per heavy atom. The third-order valence-electron chi connectivity index (χ3n) is 3.46. The molecule has 27 heavy (non-hydrogen) atoms. The van der Waals surface area contributed by atoms with E-state index in [9.17, 15) is 14.4 Å². The number of rotatable bonds is 4. The molecule has 1 aromatic heterocycles. The Hall–Kier alpha value is -3.10. The maximum absolute atomic E-state index is 12.7. The van der Waals surface area contributed by atoms with Crippen molar-refractivity contribution in [3.8, 4) is 0 Å². The fourth-order valence-electron chi connectivity index (χ4n) is 2.24. The Balaban J connectivity index is 1.81. The molecule has 9 heteroatoms. The first-order chi connectivity index (χ1) is 12.9. The number of benzene rings is 2. The van der Waals surface area contributed by atoms with Gasteiger partial charge in [-0.25, -0.2) is 0 Å². The van der Waals surface area contributed by atoms with Crippen LogP contribution in [-0.4, -0.2) is 27.8 Å². The Morgan fingerprint density at radius 2 is 1.67 bits per heavy atom. The normalized spacial score (nSPS) is 10.3. The minimum Gasteiger partial charge on any atom is -0.317 e. The van der Waals surface area contributed by atoms with Crippen LogP contribution in [0.2, 0.25) is 5.02 Å². The van der Waals surface area contributed by atoms with E-state index < -0.39 is 11.8 Å². The molecule has 0 unspecified atom stereocenters. The molecule has 0 spiro atoms. The number of ketones is 1. The second-order valence-corrected chi connectivity index (χ2v) is 7.04. The van der Waals surface area contributed by atoms with Crippen LogP contribution in [0.25, 0.3) is 0 Å². The van der Waals surface area contributed by atoms with Gasteiger partial charge in [0.15, 0.2) is 5.78 Å². The van der Waals surface area contributed by atoms with Gasteiger partial charge in [-0.3, -0.25) is 19.7 Å². The van der Waals surface area contributed by atoms with Gasteiger partial charge in [0.05, 0.1) is 5.69 Å². The van der Waals surface area contributed by atoms with Crippen molar-refractivity contribution in [1.29, 1.82) is 0 Å². The summed E-state index contributed by atoms with van der Waals surface area (Å²) in [5.74, 6) is -2.18. The summed E-state index contributed by atoms with van der Waals surface area (Å²) in [5.41, 5.74) is 0.799. The zero-order chi connectivity index (χ0) is 19.4. The van der Waals surface area contributed by atoms with Crippen molar-refractivity contribution in [1.82, 2.24) is 10.2 Å². The van der Waals surface area contributed by atoms with E-state index in [1.165, 1.54) is 18.2 Å². The van der Waals surface area contributed by atoms with E-state index in [4.69, 9.17) is 11.6 Å². The first-order valence-corrected chi connectivity index (χ1v) is 8.95. The molecule has 136 valence electrons. The van der Waals surface area contributed by atoms with Crippen LogP contribution in [-0.2, 0) is 9.59 Å². The molecule has 0 aliphatic heterocycles. The highest BCUT2D eigenvalue weighted by molar-refractivity contribution is 7.15. The van der Waals surface area contributed by atoms with Crippen molar-refractivity contribution in [3.05, 3.63) is 69.7 Å². The maximum atomic E-state index is 12.7. The predicted octanol–water partition coefficient (Wildman–Crippen LogP) is 3.31. The Kier molecular flexibility index (Phi) is 5.58. The molecule has 0 saturated heterocycles. The molecule has 0 atom stereocenters. The number of halogens is 1. The van der Waals surface area contributed by atoms with Crippen LogP contribution in [0.4, 0.5) is 10.8 Å². The number of carbonyl (C=O) groups excluding carboxylic acids is 3. The van der Waals surface area contributed by atoms with Crippen molar-refractivity contribution in [2.24, 2.45) is 0 Å². The number of carbonyl (C=O) groups is 3. The highest BCUT2D eigenvalue weighted by Gasteiger charge is 2.20. The molecule has 2 aromatic carbocycles. The summed E-state index contributed by atoms with van der Waals surface area (Å²) in [6.07, 6.45) is 0. The summed E-state index contributed by atoms with van der Waals surface area (Å²) < 4.78 is 0. The minimum atomic E-state index is -0.938. The average molecular weight is 401 g/mol. The van der Waals surface area contributed by atoms with Crippen LogP contribution >= 0.6 is 22.9 Å². The molecular weight excluding hydrogens is 388 g/mol. The van der Waals surface area contributed by atoms with Gasteiger partial charge in [-0.1, -0.05) is 53.3 Å². The highest BCUT2D eigenvalue weighted by Crippen LogP contribution is 2.24. The Bertz CT molecular complexity index is 1020. The van der Waals surface area contributed by atoms with E-state index >= 15 is 0 Å². The summed E-state index contributed by atoms with van der Waals surface area (Å²) >= 11 is 7.14. The number of aromatic nitrogens is 2. The smallest absolute Gasteiger partial charge is 0.315 e. The van der Waals surface area contributed by atoms with Crippen LogP contribution in [0.15, 0.2) is 48.5 Å². The maximum Gasteiger partial charge on any atom is 0.315 e. The van der Waals surface area contributed by atoms with Gasteiger partial charge < -0.3 is 5.32 Å². The van der Waals surface area contributed by atoms with Crippen molar-refractivity contribution in [2.75, 3.05) is 10.6 Å². The summed E-state index contributed by atoms with van der Waals surface area (Å²) in [4.78, 5) is 37.0. The molecule has 1 heterocycles. The Labute approximate surface area is 163 Å². The number of hydrogen-bond donors (Lipinski definition) is 2. The van der Waals surface area contributed by atoms with Gasteiger partial charge in [0.1, 0.15) is 5.01 Å². The van der Waals surface area contributed by atoms with Crippen LogP contribution in [0, 0.1) is 6.92 Å². The SMILES string of the molecule is Cc1nnc(NC(=O)C(=O)Nc2ccc(Cl)cc2C(=O)c2ccccc2)s1. The van der Waals surface area contributed by atoms with Gasteiger partial charge in [-0.15, -0.1) is 10.2 Å². The first kappa shape index (κ1) is 18.7. The van der Waals surface area contributed by atoms with Crippen LogP contribution in [0.3, 0.4) is 0 Å². The molecule has 7 nitrogen and oxygen atoms in total. The zero-order valence-corrected chi connectivity index (χ0v) is 15.6. The summed E-state index contributed by atoms with van der Waals surface area (Å²) in [6, 6.07) is 13.0. The molecule has 0 saturated carbocycles. The monoisotopic (exact) mass is 400 g/mol. The first-order valence-electron chi connectivity index (χ1n) is 7.76. The number of hydrogen-bond acceptors (Lipinski definition) is 6. The quantitative estimate of drug-likeness (QED) is 0.516. The molecule has 0 fully saturated rings. The van der Waals surface area contributed by atoms with E-state index in [0.29, 0.717) is 15.6 Å². The van der Waals surface area contributed by atoms with Gasteiger partial charge in [0.25, 0.3) is 0 Å². The lowest BCUT2D eigenvalue weighted by atomic mass is 10.0. The second kappa shape index (κ2) is 8.07. The lowest BCUT2D eigenvalue weighted by Gasteiger charge is -2.11. The van der Waals surface area contributed by atoms with Gasteiger partial charge in [0, 0.05) is 16.1 Å². The number of amides is 2. The standard InChI is InChI=1S/C18H13ClN4O3S/c1-10-22-23-18(27-10)21-17(26)16(25)20-14-8-7-12(19)9-13(14)15(24)11-5-3-2-4-6-11/h2-9H,1H3,(H,20,25)(H,21,23,26). The fourth-order valence-corrected chi connectivity index (χ4v) is 3.00. The molecule has 0 radical (unpaired) electrons. The molecule has 3 rings (SSSR count). The minimum absolute atomic E-state index is 0.182. The molecule has 0 aliphatic carbocycles. The van der Waals surface area contributed by atoms with E-state index in [0.717, 1.165) is 11.3 Å². The van der Waals surface area contributed by atoms with Gasteiger partial charge >= 0.3 is 11.8 Å². The number of aryl methyl sites for hydroxylation is 1. The molecular formula is C18H13ClN4O3S. The van der Waals surface area contributed by atoms with Crippen molar-refractivity contribution in [2.45, 2.75) is 6.92 Å². The lowest BCUT2D eigenvalue weighted by Crippen LogP contribution is -2.29. The molecule has 2 N–H and O–H groups in total. The summed E-state index contributed by atoms with van der Waals surface area (Å²) in [5, 5.41) is 13.5. The highest BCUT2D eigenvalue weighted by atomic mass is 35.5. The van der Waals surface area contributed by atoms with E-state index in [1.807, 2.05) is 0 Å². The third kappa shape index (κ3) is 4.55. The number of nitrogens with one attached hydrogen (secondary N) is 2. The fraction of sp³-hybridized carbons (Fsp3) is 0.0556. The zero-order valence-electron chi connectivity index (χ0n) is 14.0. The molecule has 3 aromatic rings. The van der Waals surface area contributed by atoms with E-state index in [1.54, 1.807) is 37.3 Å². The van der Waals surface area contributed by atoms with Crippen molar-refractivity contribution < 1.29 is 14.4 Å². The van der Waals surface area contributed by atoms with Gasteiger partial charge in [-0.05, 0) is 25.1 Å². The topological polar surface area (TPSA) is 101 Å². The van der Waals surface area contributed by atoms with Crippen molar-refractivity contribution in [3.63, 3.8) is 0 Å². The van der Waals surface area contributed by atoms with Gasteiger partial charge in [0.2, 0.25) is 5.13 Å². The van der Waals surface area contributed by atoms with E-state index in [2.05, 4.69) is 20.8 Å². The van der Waals surface area contributed by atoms with Crippen molar-refractivity contribution >= 4 is 51.4 Å². The average Bonchev–Trinajstić information content (AvgIpc) is 3.07. The van der Waals surface area contributed by atoms with Crippen LogP contribution < -0.4 is 10.6 Å². The van der Waals surface area contributed by atoms with E-state index in [-0.39, 0.29) is 22.2 Å². The number of anilines is 2. The molecule has 0 bridgehead atoms. The predicted molar refractivity (Wildman–Crippen MR) is 103 cm³/mol. The largest absolute Gasteiger partial charge is 0.317 e. The number of nitrogens with zero attached hydrogens (tertiary/aromatic N) is 2. The molecule has 0 aliphatic rings. The third-order valence-corrected chi connectivity index (χ3v) is 4.45. The van der Waals surface area contributed by atoms with Crippen LogP contribution in [0.5, 0.6) is 0 Å². The Morgan fingerprint density at radius 1 is 0.963 bits per heavy atom. The molecule has 2 amide bonds. The van der Waals surface area contributed by atoms with Crippen LogP contribution in [0.1, 0.15) is 20.9 Å².